The van der Waals surface area contributed by atoms with Crippen molar-refractivity contribution >= 4 is 6.29 Å². The lowest BCUT2D eigenvalue weighted by Gasteiger charge is -2.24. The summed E-state index contributed by atoms with van der Waals surface area (Å²) in [6.45, 7) is 1.63. The second kappa shape index (κ2) is 3.38. The van der Waals surface area contributed by atoms with Gasteiger partial charge in [-0.05, 0) is 13.0 Å². The number of rotatable bonds is 1. The van der Waals surface area contributed by atoms with E-state index in [0.717, 1.165) is 0 Å². The molecule has 0 fully saturated rings. The molecule has 0 saturated carbocycles. The zero-order valence-electron chi connectivity index (χ0n) is 6.82. The Morgan fingerprint density at radius 1 is 1.58 bits per heavy atom. The van der Waals surface area contributed by atoms with Crippen molar-refractivity contribution in [3.8, 4) is 11.8 Å². The first kappa shape index (κ1) is 8.76. The van der Waals surface area contributed by atoms with E-state index in [2.05, 4.69) is 11.8 Å². The maximum absolute atomic E-state index is 10.5. The third-order valence-electron chi connectivity index (χ3n) is 1.76. The molecule has 0 aromatic rings. The Hall–Kier alpha value is -1.33. The molecule has 62 valence electrons. The van der Waals surface area contributed by atoms with Crippen molar-refractivity contribution in [2.24, 2.45) is 5.92 Å². The second-order valence-corrected chi connectivity index (χ2v) is 2.61. The van der Waals surface area contributed by atoms with E-state index in [9.17, 15) is 9.90 Å². The summed E-state index contributed by atoms with van der Waals surface area (Å²) in [6, 6.07) is 0. The summed E-state index contributed by atoms with van der Waals surface area (Å²) >= 11 is 0. The Kier molecular flexibility index (Phi) is 2.47. The van der Waals surface area contributed by atoms with Crippen LogP contribution in [0.15, 0.2) is 24.3 Å². The summed E-state index contributed by atoms with van der Waals surface area (Å²) in [4.78, 5) is 10.5. The highest BCUT2D eigenvalue weighted by Crippen LogP contribution is 2.21. The van der Waals surface area contributed by atoms with Crippen LogP contribution in [-0.4, -0.2) is 17.0 Å². The molecular weight excluding hydrogens is 152 g/mol. The minimum atomic E-state index is -1.30. The predicted molar refractivity (Wildman–Crippen MR) is 46.2 cm³/mol. The quantitative estimate of drug-likeness (QED) is 0.455. The second-order valence-electron chi connectivity index (χ2n) is 2.61. The molecule has 0 heterocycles. The average Bonchev–Trinajstić information content (AvgIpc) is 2.05. The molecule has 0 bridgehead atoms. The van der Waals surface area contributed by atoms with Gasteiger partial charge in [-0.1, -0.05) is 24.1 Å². The minimum Gasteiger partial charge on any atom is -0.373 e. The molecule has 0 radical (unpaired) electrons. The average molecular weight is 162 g/mol. The molecule has 1 aliphatic carbocycles. The fourth-order valence-electron chi connectivity index (χ4n) is 1.12. The lowest BCUT2D eigenvalue weighted by molar-refractivity contribution is -0.113. The summed E-state index contributed by atoms with van der Waals surface area (Å²) in [5.41, 5.74) is -1.30. The predicted octanol–water partition coefficient (Wildman–Crippen LogP) is 0.682. The highest BCUT2D eigenvalue weighted by molar-refractivity contribution is 5.63. The smallest absolute Gasteiger partial charge is 0.157 e. The molecule has 1 N–H and O–H groups in total. The van der Waals surface area contributed by atoms with Gasteiger partial charge in [-0.2, -0.15) is 0 Å². The third kappa shape index (κ3) is 1.46. The maximum atomic E-state index is 10.5. The zero-order chi connectivity index (χ0) is 9.03. The van der Waals surface area contributed by atoms with Gasteiger partial charge in [-0.15, -0.1) is 5.92 Å². The third-order valence-corrected chi connectivity index (χ3v) is 1.76. The molecule has 2 nitrogen and oxygen atoms in total. The molecule has 0 spiro atoms. The molecule has 0 unspecified atom stereocenters. The minimum absolute atomic E-state index is 0.546. The number of carbonyl (C=O) groups is 1. The molecule has 12 heavy (non-hydrogen) atoms. The maximum Gasteiger partial charge on any atom is 0.157 e. The molecular formula is C10H10O2. The zero-order valence-corrected chi connectivity index (χ0v) is 6.82. The lowest BCUT2D eigenvalue weighted by atomic mass is 9.85. The number of aldehydes is 1. The van der Waals surface area contributed by atoms with Gasteiger partial charge in [0.1, 0.15) is 6.29 Å². The number of aliphatic hydroxyl groups is 1. The van der Waals surface area contributed by atoms with Crippen LogP contribution in [-0.2, 0) is 4.79 Å². The van der Waals surface area contributed by atoms with Gasteiger partial charge in [-0.25, -0.2) is 0 Å². The molecule has 0 aromatic heterocycles. The van der Waals surface area contributed by atoms with Crippen molar-refractivity contribution in [3.63, 3.8) is 0 Å². The van der Waals surface area contributed by atoms with Gasteiger partial charge < -0.3 is 9.90 Å². The highest BCUT2D eigenvalue weighted by Gasteiger charge is 2.31. The summed E-state index contributed by atoms with van der Waals surface area (Å²) in [5.74, 6) is 4.65. The molecule has 0 amide bonds. The highest BCUT2D eigenvalue weighted by atomic mass is 16.3. The van der Waals surface area contributed by atoms with Crippen LogP contribution >= 0.6 is 0 Å². The van der Waals surface area contributed by atoms with E-state index in [0.29, 0.717) is 6.29 Å². The van der Waals surface area contributed by atoms with Crippen LogP contribution < -0.4 is 0 Å². The molecule has 2 heteroatoms. The Labute approximate surface area is 71.6 Å². The van der Waals surface area contributed by atoms with Crippen LogP contribution in [0.5, 0.6) is 0 Å². The van der Waals surface area contributed by atoms with E-state index in [1.165, 1.54) is 6.08 Å². The molecule has 0 saturated heterocycles. The van der Waals surface area contributed by atoms with E-state index in [1.807, 2.05) is 0 Å². The van der Waals surface area contributed by atoms with E-state index < -0.39 is 11.5 Å². The van der Waals surface area contributed by atoms with Crippen LogP contribution in [0.2, 0.25) is 0 Å². The van der Waals surface area contributed by atoms with Crippen molar-refractivity contribution in [2.45, 2.75) is 12.5 Å². The van der Waals surface area contributed by atoms with Gasteiger partial charge in [0.15, 0.2) is 5.60 Å². The Morgan fingerprint density at radius 3 is 2.92 bits per heavy atom. The number of carbonyl (C=O) groups excluding carboxylic acids is 1. The normalized spacial score (nSPS) is 32.3. The van der Waals surface area contributed by atoms with Crippen molar-refractivity contribution in [2.75, 3.05) is 0 Å². The first-order valence-electron chi connectivity index (χ1n) is 3.70. The molecule has 1 rings (SSSR count). The van der Waals surface area contributed by atoms with Crippen LogP contribution in [0.1, 0.15) is 6.92 Å². The van der Waals surface area contributed by atoms with Crippen LogP contribution in [0.4, 0.5) is 0 Å². The van der Waals surface area contributed by atoms with Crippen molar-refractivity contribution in [3.05, 3.63) is 24.3 Å². The van der Waals surface area contributed by atoms with Crippen LogP contribution in [0.3, 0.4) is 0 Å². The standard InChI is InChI=1S/C10H10O2/c1-2-6-10(12)7-4-3-5-9(10)8-11/h3-5,7-9,12H,1H3/t9-,10+/m1/s1. The van der Waals surface area contributed by atoms with Gasteiger partial charge in [0.05, 0.1) is 5.92 Å². The van der Waals surface area contributed by atoms with Gasteiger partial charge >= 0.3 is 0 Å². The summed E-state index contributed by atoms with van der Waals surface area (Å²) < 4.78 is 0. The number of hydrogen-bond donors (Lipinski definition) is 1. The topological polar surface area (TPSA) is 37.3 Å². The van der Waals surface area contributed by atoms with Gasteiger partial charge in [0, 0.05) is 0 Å². The molecule has 1 aliphatic rings. The largest absolute Gasteiger partial charge is 0.373 e. The summed E-state index contributed by atoms with van der Waals surface area (Å²) in [7, 11) is 0. The van der Waals surface area contributed by atoms with Gasteiger partial charge in [0.2, 0.25) is 0 Å². The Balaban J connectivity index is 2.99. The van der Waals surface area contributed by atoms with Crippen molar-refractivity contribution < 1.29 is 9.90 Å². The first-order valence-corrected chi connectivity index (χ1v) is 3.70. The molecule has 0 aromatic carbocycles. The Morgan fingerprint density at radius 2 is 2.33 bits per heavy atom. The summed E-state index contributed by atoms with van der Waals surface area (Å²) in [5, 5.41) is 9.79. The summed E-state index contributed by atoms with van der Waals surface area (Å²) in [6.07, 6.45) is 7.28. The molecule has 0 aliphatic heterocycles. The van der Waals surface area contributed by atoms with Crippen LogP contribution in [0.25, 0.3) is 0 Å². The first-order chi connectivity index (χ1) is 5.73. The van der Waals surface area contributed by atoms with Crippen LogP contribution in [0, 0.1) is 17.8 Å². The fourth-order valence-corrected chi connectivity index (χ4v) is 1.12. The van der Waals surface area contributed by atoms with E-state index in [4.69, 9.17) is 0 Å². The van der Waals surface area contributed by atoms with Gasteiger partial charge in [0.25, 0.3) is 0 Å². The van der Waals surface area contributed by atoms with Gasteiger partial charge in [-0.3, -0.25) is 0 Å². The SMILES string of the molecule is CC#C[C@]1(O)C=CC=C[C@@H]1C=O. The van der Waals surface area contributed by atoms with E-state index >= 15 is 0 Å². The fraction of sp³-hybridized carbons (Fsp3) is 0.300. The number of allylic oxidation sites excluding steroid dienone is 2. The lowest BCUT2D eigenvalue weighted by Crippen LogP contribution is -2.35. The number of hydrogen-bond acceptors (Lipinski definition) is 2. The van der Waals surface area contributed by atoms with E-state index in [1.54, 1.807) is 25.2 Å². The van der Waals surface area contributed by atoms with E-state index in [-0.39, 0.29) is 0 Å². The van der Waals surface area contributed by atoms with Crippen molar-refractivity contribution in [1.82, 2.24) is 0 Å². The monoisotopic (exact) mass is 162 g/mol. The molecule has 2 atom stereocenters. The Bertz CT molecular complexity index is 291. The van der Waals surface area contributed by atoms with Crippen molar-refractivity contribution in [1.29, 1.82) is 0 Å².